The van der Waals surface area contributed by atoms with Gasteiger partial charge in [0.05, 0.1) is 6.04 Å². The first-order valence-electron chi connectivity index (χ1n) is 6.15. The maximum absolute atomic E-state index is 12.0. The number of hydrogen-bond donors (Lipinski definition) is 4. The number of rotatable bonds is 3. The van der Waals surface area contributed by atoms with Crippen molar-refractivity contribution < 1.29 is 15.0 Å². The van der Waals surface area contributed by atoms with Gasteiger partial charge in [-0.05, 0) is 42.8 Å². The number of hydrogen-bond acceptors (Lipinski definition) is 4. The van der Waals surface area contributed by atoms with Gasteiger partial charge in [0.15, 0.2) is 11.5 Å². The van der Waals surface area contributed by atoms with E-state index in [2.05, 4.69) is 5.32 Å². The lowest BCUT2D eigenvalue weighted by Gasteiger charge is -2.14. The van der Waals surface area contributed by atoms with Gasteiger partial charge in [0.2, 0.25) is 0 Å². The van der Waals surface area contributed by atoms with Crippen LogP contribution in [0, 0.1) is 0 Å². The van der Waals surface area contributed by atoms with Gasteiger partial charge in [-0.1, -0.05) is 12.1 Å². The van der Waals surface area contributed by atoms with Crippen molar-refractivity contribution >= 4 is 11.6 Å². The second-order valence-electron chi connectivity index (χ2n) is 4.57. The van der Waals surface area contributed by atoms with Crippen molar-refractivity contribution in [3.8, 4) is 11.5 Å². The number of amides is 1. The summed E-state index contributed by atoms with van der Waals surface area (Å²) in [5.41, 5.74) is 7.48. The molecule has 0 aromatic heterocycles. The average Bonchev–Trinajstić information content (AvgIpc) is 2.42. The molecule has 0 saturated carbocycles. The Morgan fingerprint density at radius 2 is 1.75 bits per heavy atom. The van der Waals surface area contributed by atoms with Crippen molar-refractivity contribution in [2.45, 2.75) is 13.0 Å². The van der Waals surface area contributed by atoms with Crippen molar-refractivity contribution in [3.63, 3.8) is 0 Å². The quantitative estimate of drug-likeness (QED) is 0.508. The number of benzene rings is 2. The molecule has 1 unspecified atom stereocenters. The molecule has 0 fully saturated rings. The van der Waals surface area contributed by atoms with Gasteiger partial charge >= 0.3 is 0 Å². The Hall–Kier alpha value is -2.69. The highest BCUT2D eigenvalue weighted by atomic mass is 16.3. The topological polar surface area (TPSA) is 95.6 Å². The van der Waals surface area contributed by atoms with Crippen molar-refractivity contribution in [3.05, 3.63) is 53.6 Å². The number of aromatic hydroxyl groups is 2. The van der Waals surface area contributed by atoms with E-state index in [0.29, 0.717) is 5.69 Å². The van der Waals surface area contributed by atoms with Crippen LogP contribution in [0.1, 0.15) is 28.9 Å². The number of nitrogen functional groups attached to an aromatic ring is 1. The first-order chi connectivity index (χ1) is 9.47. The van der Waals surface area contributed by atoms with Crippen LogP contribution in [0.2, 0.25) is 0 Å². The van der Waals surface area contributed by atoms with Crippen molar-refractivity contribution in [2.75, 3.05) is 5.73 Å². The summed E-state index contributed by atoms with van der Waals surface area (Å²) >= 11 is 0. The minimum absolute atomic E-state index is 0.195. The molecule has 5 nitrogen and oxygen atoms in total. The van der Waals surface area contributed by atoms with Crippen LogP contribution in [0.3, 0.4) is 0 Å². The molecule has 0 saturated heterocycles. The van der Waals surface area contributed by atoms with Crippen molar-refractivity contribution in [1.29, 1.82) is 0 Å². The Morgan fingerprint density at radius 1 is 1.10 bits per heavy atom. The molecule has 5 heteroatoms. The number of carbonyl (C=O) groups excluding carboxylic acids is 1. The predicted octanol–water partition coefficient (Wildman–Crippen LogP) is 2.17. The molecule has 1 amide bonds. The fourth-order valence-electron chi connectivity index (χ4n) is 1.81. The first-order valence-corrected chi connectivity index (χ1v) is 6.15. The molecule has 0 aliphatic rings. The van der Waals surface area contributed by atoms with Gasteiger partial charge in [-0.2, -0.15) is 0 Å². The number of carbonyl (C=O) groups is 1. The van der Waals surface area contributed by atoms with E-state index in [9.17, 15) is 15.0 Å². The smallest absolute Gasteiger partial charge is 0.251 e. The lowest BCUT2D eigenvalue weighted by Crippen LogP contribution is -2.26. The molecule has 0 aliphatic carbocycles. The second kappa shape index (κ2) is 5.52. The number of anilines is 1. The SMILES string of the molecule is CC(NC(=O)c1ccc(O)c(O)c1)c1ccc(N)cc1. The molecule has 2 rings (SSSR count). The third-order valence-corrected chi connectivity index (χ3v) is 3.02. The molecule has 2 aromatic rings. The zero-order valence-corrected chi connectivity index (χ0v) is 11.0. The van der Waals surface area contributed by atoms with E-state index in [-0.39, 0.29) is 29.0 Å². The van der Waals surface area contributed by atoms with Gasteiger partial charge in [-0.15, -0.1) is 0 Å². The van der Waals surface area contributed by atoms with E-state index in [1.54, 1.807) is 12.1 Å². The zero-order valence-electron chi connectivity index (χ0n) is 11.0. The summed E-state index contributed by atoms with van der Waals surface area (Å²) in [5.74, 6) is -0.907. The second-order valence-corrected chi connectivity index (χ2v) is 4.57. The molecule has 0 bridgehead atoms. The molecular weight excluding hydrogens is 256 g/mol. The molecule has 104 valence electrons. The summed E-state index contributed by atoms with van der Waals surface area (Å²) in [7, 11) is 0. The van der Waals surface area contributed by atoms with E-state index in [0.717, 1.165) is 5.56 Å². The van der Waals surface area contributed by atoms with Gasteiger partial charge in [-0.3, -0.25) is 4.79 Å². The summed E-state index contributed by atoms with van der Waals surface area (Å²) < 4.78 is 0. The Morgan fingerprint density at radius 3 is 2.35 bits per heavy atom. The number of nitrogens with two attached hydrogens (primary N) is 1. The van der Waals surface area contributed by atoms with E-state index in [4.69, 9.17) is 5.73 Å². The minimum Gasteiger partial charge on any atom is -0.504 e. The Labute approximate surface area is 116 Å². The van der Waals surface area contributed by atoms with Crippen LogP contribution in [0.4, 0.5) is 5.69 Å². The Bertz CT molecular complexity index is 624. The number of nitrogens with one attached hydrogen (secondary N) is 1. The molecular formula is C15H16N2O3. The fraction of sp³-hybridized carbons (Fsp3) is 0.133. The molecule has 1 atom stereocenters. The van der Waals surface area contributed by atoms with Crippen LogP contribution in [0.5, 0.6) is 11.5 Å². The number of phenolic OH excluding ortho intramolecular Hbond substituents is 2. The van der Waals surface area contributed by atoms with Crippen LogP contribution >= 0.6 is 0 Å². The highest BCUT2D eigenvalue weighted by Gasteiger charge is 2.12. The average molecular weight is 272 g/mol. The molecule has 2 aromatic carbocycles. The van der Waals surface area contributed by atoms with Crippen molar-refractivity contribution in [1.82, 2.24) is 5.32 Å². The summed E-state index contributed by atoms with van der Waals surface area (Å²) in [6.07, 6.45) is 0. The van der Waals surface area contributed by atoms with Crippen LogP contribution < -0.4 is 11.1 Å². The van der Waals surface area contributed by atoms with E-state index >= 15 is 0 Å². The maximum atomic E-state index is 12.0. The maximum Gasteiger partial charge on any atom is 0.251 e. The summed E-state index contributed by atoms with van der Waals surface area (Å²) in [4.78, 5) is 12.0. The molecule has 0 heterocycles. The Kier molecular flexibility index (Phi) is 3.79. The normalized spacial score (nSPS) is 11.8. The predicted molar refractivity (Wildman–Crippen MR) is 76.5 cm³/mol. The summed E-state index contributed by atoms with van der Waals surface area (Å²) in [6, 6.07) is 11.0. The third-order valence-electron chi connectivity index (χ3n) is 3.02. The fourth-order valence-corrected chi connectivity index (χ4v) is 1.81. The zero-order chi connectivity index (χ0) is 14.7. The molecule has 0 spiro atoms. The van der Waals surface area contributed by atoms with Gasteiger partial charge in [0, 0.05) is 11.3 Å². The third kappa shape index (κ3) is 3.00. The van der Waals surface area contributed by atoms with Crippen LogP contribution in [0.15, 0.2) is 42.5 Å². The standard InChI is InChI=1S/C15H16N2O3/c1-9(10-2-5-12(16)6-3-10)17-15(20)11-4-7-13(18)14(19)8-11/h2-9,18-19H,16H2,1H3,(H,17,20). The van der Waals surface area contributed by atoms with Gasteiger partial charge in [-0.25, -0.2) is 0 Å². The largest absolute Gasteiger partial charge is 0.504 e. The van der Waals surface area contributed by atoms with Crippen molar-refractivity contribution in [2.24, 2.45) is 0 Å². The lowest BCUT2D eigenvalue weighted by molar-refractivity contribution is 0.0939. The molecule has 5 N–H and O–H groups in total. The summed E-state index contributed by atoms with van der Waals surface area (Å²) in [6.45, 7) is 1.85. The lowest BCUT2D eigenvalue weighted by atomic mass is 10.1. The van der Waals surface area contributed by atoms with Gasteiger partial charge in [0.1, 0.15) is 0 Å². The highest BCUT2D eigenvalue weighted by Crippen LogP contribution is 2.25. The Balaban J connectivity index is 2.10. The van der Waals surface area contributed by atoms with Crippen LogP contribution in [-0.4, -0.2) is 16.1 Å². The van der Waals surface area contributed by atoms with Crippen LogP contribution in [-0.2, 0) is 0 Å². The summed E-state index contributed by atoms with van der Waals surface area (Å²) in [5, 5.41) is 21.4. The number of phenols is 2. The van der Waals surface area contributed by atoms with Crippen LogP contribution in [0.25, 0.3) is 0 Å². The van der Waals surface area contributed by atoms with E-state index < -0.39 is 0 Å². The monoisotopic (exact) mass is 272 g/mol. The van der Waals surface area contributed by atoms with Gasteiger partial charge < -0.3 is 21.3 Å². The van der Waals surface area contributed by atoms with E-state index in [1.807, 2.05) is 19.1 Å². The van der Waals surface area contributed by atoms with Gasteiger partial charge in [0.25, 0.3) is 5.91 Å². The molecule has 20 heavy (non-hydrogen) atoms. The minimum atomic E-state index is -0.329. The molecule has 0 aliphatic heterocycles. The highest BCUT2D eigenvalue weighted by molar-refractivity contribution is 5.95. The van der Waals surface area contributed by atoms with E-state index in [1.165, 1.54) is 18.2 Å². The molecule has 0 radical (unpaired) electrons. The first kappa shape index (κ1) is 13.7.